The topological polar surface area (TPSA) is 59.9 Å². The van der Waals surface area contributed by atoms with Gasteiger partial charge in [0.25, 0.3) is 5.91 Å². The van der Waals surface area contributed by atoms with Gasteiger partial charge in [0.2, 0.25) is 0 Å². The molecule has 25 heavy (non-hydrogen) atoms. The van der Waals surface area contributed by atoms with Crippen LogP contribution in [0.25, 0.3) is 0 Å². The number of benzene rings is 2. The lowest BCUT2D eigenvalue weighted by Gasteiger charge is -2.06. The summed E-state index contributed by atoms with van der Waals surface area (Å²) in [7, 11) is 1.58. The molecule has 0 radical (unpaired) electrons. The van der Waals surface area contributed by atoms with Gasteiger partial charge in [-0.1, -0.05) is 46.6 Å². The number of halogens is 2. The lowest BCUT2D eigenvalue weighted by atomic mass is 10.1. The Hall–Kier alpha value is -2.24. The molecule has 0 heterocycles. The van der Waals surface area contributed by atoms with Crippen molar-refractivity contribution in [3.63, 3.8) is 0 Å². The van der Waals surface area contributed by atoms with Crippen molar-refractivity contribution in [3.05, 3.63) is 63.6 Å². The molecule has 0 aliphatic rings. The van der Waals surface area contributed by atoms with Crippen LogP contribution in [0, 0.1) is 0 Å². The molecule has 2 rings (SSSR count). The first-order valence-corrected chi connectivity index (χ1v) is 8.34. The van der Waals surface area contributed by atoms with Crippen LogP contribution in [0.15, 0.2) is 47.6 Å². The first-order valence-electron chi connectivity index (χ1n) is 7.59. The maximum absolute atomic E-state index is 11.7. The first-order chi connectivity index (χ1) is 12.1. The third-order valence-corrected chi connectivity index (χ3v) is 3.92. The molecular formula is C18H18Cl2N2O3. The van der Waals surface area contributed by atoms with Crippen molar-refractivity contribution in [2.24, 2.45) is 5.16 Å². The van der Waals surface area contributed by atoms with Crippen molar-refractivity contribution in [1.82, 2.24) is 5.32 Å². The van der Waals surface area contributed by atoms with Gasteiger partial charge in [-0.15, -0.1) is 0 Å². The maximum atomic E-state index is 11.7. The van der Waals surface area contributed by atoms with E-state index in [1.807, 2.05) is 30.3 Å². The number of para-hydroxylation sites is 1. The number of carbonyl (C=O) groups excluding carboxylic acids is 1. The van der Waals surface area contributed by atoms with Gasteiger partial charge in [0, 0.05) is 22.2 Å². The van der Waals surface area contributed by atoms with Crippen LogP contribution in [0.3, 0.4) is 0 Å². The van der Waals surface area contributed by atoms with Gasteiger partial charge in [-0.25, -0.2) is 0 Å². The number of nitrogens with one attached hydrogen (secondary N) is 1. The number of ether oxygens (including phenoxy) is 1. The Morgan fingerprint density at radius 1 is 1.24 bits per heavy atom. The molecular weight excluding hydrogens is 363 g/mol. The summed E-state index contributed by atoms with van der Waals surface area (Å²) in [6.45, 7) is 0.278. The smallest absolute Gasteiger partial charge is 0.260 e. The molecule has 132 valence electrons. The predicted octanol–water partition coefficient (Wildman–Crippen LogP) is 3.71. The van der Waals surface area contributed by atoms with E-state index in [0.29, 0.717) is 28.8 Å². The third kappa shape index (κ3) is 6.29. The molecule has 0 atom stereocenters. The van der Waals surface area contributed by atoms with E-state index in [2.05, 4.69) is 10.5 Å². The summed E-state index contributed by atoms with van der Waals surface area (Å²) < 4.78 is 5.19. The molecule has 0 unspecified atom stereocenters. The van der Waals surface area contributed by atoms with E-state index in [1.165, 1.54) is 6.21 Å². The van der Waals surface area contributed by atoms with Gasteiger partial charge in [0.05, 0.1) is 13.3 Å². The summed E-state index contributed by atoms with van der Waals surface area (Å²) in [5, 5.41) is 7.68. The SMILES string of the molecule is COc1ccccc1/C=N\OCC(=O)NCCc1ccc(Cl)cc1Cl. The lowest BCUT2D eigenvalue weighted by Crippen LogP contribution is -2.28. The Labute approximate surface area is 156 Å². The van der Waals surface area contributed by atoms with Crippen molar-refractivity contribution in [2.75, 3.05) is 20.3 Å². The Bertz CT molecular complexity index is 751. The van der Waals surface area contributed by atoms with Gasteiger partial charge in [-0.3, -0.25) is 4.79 Å². The summed E-state index contributed by atoms with van der Waals surface area (Å²) in [6.07, 6.45) is 2.10. The fraction of sp³-hybridized carbons (Fsp3) is 0.222. The molecule has 1 N–H and O–H groups in total. The monoisotopic (exact) mass is 380 g/mol. The van der Waals surface area contributed by atoms with E-state index in [0.717, 1.165) is 11.1 Å². The van der Waals surface area contributed by atoms with Crippen molar-refractivity contribution < 1.29 is 14.4 Å². The first kappa shape index (κ1) is 19.1. The second-order valence-electron chi connectivity index (χ2n) is 5.09. The minimum absolute atomic E-state index is 0.167. The summed E-state index contributed by atoms with van der Waals surface area (Å²) in [5.74, 6) is 0.418. The summed E-state index contributed by atoms with van der Waals surface area (Å²) in [5.41, 5.74) is 1.68. The molecule has 0 saturated heterocycles. The Balaban J connectivity index is 1.71. The van der Waals surface area contributed by atoms with Crippen molar-refractivity contribution >= 4 is 35.3 Å². The normalized spacial score (nSPS) is 10.7. The average Bonchev–Trinajstić information content (AvgIpc) is 2.61. The minimum atomic E-state index is -0.262. The van der Waals surface area contributed by atoms with Crippen molar-refractivity contribution in [1.29, 1.82) is 0 Å². The van der Waals surface area contributed by atoms with Gasteiger partial charge < -0.3 is 14.9 Å². The molecule has 0 saturated carbocycles. The van der Waals surface area contributed by atoms with Gasteiger partial charge in [0.1, 0.15) is 5.75 Å². The fourth-order valence-electron chi connectivity index (χ4n) is 2.08. The number of amides is 1. The van der Waals surface area contributed by atoms with Crippen LogP contribution in [0.2, 0.25) is 10.0 Å². The minimum Gasteiger partial charge on any atom is -0.496 e. The molecule has 0 aliphatic heterocycles. The molecule has 0 spiro atoms. The van der Waals surface area contributed by atoms with Crippen molar-refractivity contribution in [2.45, 2.75) is 6.42 Å². The number of oxime groups is 1. The Kier molecular flexibility index (Phi) is 7.57. The molecule has 2 aromatic carbocycles. The predicted molar refractivity (Wildman–Crippen MR) is 99.7 cm³/mol. The van der Waals surface area contributed by atoms with E-state index < -0.39 is 0 Å². The molecule has 2 aromatic rings. The molecule has 0 fully saturated rings. The average molecular weight is 381 g/mol. The largest absolute Gasteiger partial charge is 0.496 e. The second-order valence-corrected chi connectivity index (χ2v) is 5.93. The van der Waals surface area contributed by atoms with Crippen LogP contribution >= 0.6 is 23.2 Å². The number of rotatable bonds is 8. The zero-order chi connectivity index (χ0) is 18.1. The van der Waals surface area contributed by atoms with Gasteiger partial charge >= 0.3 is 0 Å². The summed E-state index contributed by atoms with van der Waals surface area (Å²) >= 11 is 11.9. The second kappa shape index (κ2) is 9.91. The van der Waals surface area contributed by atoms with Crippen LogP contribution in [0.5, 0.6) is 5.75 Å². The summed E-state index contributed by atoms with van der Waals surface area (Å²) in [6, 6.07) is 12.6. The van der Waals surface area contributed by atoms with Crippen LogP contribution < -0.4 is 10.1 Å². The zero-order valence-electron chi connectivity index (χ0n) is 13.7. The molecule has 7 heteroatoms. The molecule has 1 amide bonds. The van der Waals surface area contributed by atoms with E-state index in [4.69, 9.17) is 32.8 Å². The van der Waals surface area contributed by atoms with E-state index in [-0.39, 0.29) is 12.5 Å². The van der Waals surface area contributed by atoms with Crippen LogP contribution in [-0.4, -0.2) is 32.4 Å². The number of hydrogen-bond donors (Lipinski definition) is 1. The standard InChI is InChI=1S/C18H18Cl2N2O3/c1-24-17-5-3-2-4-14(17)11-22-25-12-18(23)21-9-8-13-6-7-15(19)10-16(13)20/h2-7,10-11H,8-9,12H2,1H3,(H,21,23)/b22-11-. The van der Waals surface area contributed by atoms with E-state index >= 15 is 0 Å². The van der Waals surface area contributed by atoms with Gasteiger partial charge in [0.15, 0.2) is 6.61 Å². The highest BCUT2D eigenvalue weighted by Crippen LogP contribution is 2.21. The van der Waals surface area contributed by atoms with Crippen LogP contribution in [0.1, 0.15) is 11.1 Å². The lowest BCUT2D eigenvalue weighted by molar-refractivity contribution is -0.125. The molecule has 0 aliphatic carbocycles. The highest BCUT2D eigenvalue weighted by atomic mass is 35.5. The number of hydrogen-bond acceptors (Lipinski definition) is 4. The summed E-state index contributed by atoms with van der Waals surface area (Å²) in [4.78, 5) is 16.7. The molecule has 0 bridgehead atoms. The zero-order valence-corrected chi connectivity index (χ0v) is 15.2. The number of nitrogens with zero attached hydrogens (tertiary/aromatic N) is 1. The quantitative estimate of drug-likeness (QED) is 0.560. The molecule has 5 nitrogen and oxygen atoms in total. The van der Waals surface area contributed by atoms with Gasteiger partial charge in [-0.2, -0.15) is 0 Å². The number of methoxy groups -OCH3 is 1. The Morgan fingerprint density at radius 2 is 2.04 bits per heavy atom. The highest BCUT2D eigenvalue weighted by Gasteiger charge is 2.04. The van der Waals surface area contributed by atoms with Crippen LogP contribution in [-0.2, 0) is 16.1 Å². The Morgan fingerprint density at radius 3 is 2.80 bits per heavy atom. The van der Waals surface area contributed by atoms with E-state index in [1.54, 1.807) is 19.2 Å². The van der Waals surface area contributed by atoms with Crippen LogP contribution in [0.4, 0.5) is 0 Å². The van der Waals surface area contributed by atoms with E-state index in [9.17, 15) is 4.79 Å². The third-order valence-electron chi connectivity index (χ3n) is 3.33. The maximum Gasteiger partial charge on any atom is 0.260 e. The van der Waals surface area contributed by atoms with Gasteiger partial charge in [-0.05, 0) is 36.2 Å². The fourth-order valence-corrected chi connectivity index (χ4v) is 2.58. The van der Waals surface area contributed by atoms with Crippen molar-refractivity contribution in [3.8, 4) is 5.75 Å². The number of carbonyl (C=O) groups is 1. The highest BCUT2D eigenvalue weighted by molar-refractivity contribution is 6.35. The molecule has 0 aromatic heterocycles.